The van der Waals surface area contributed by atoms with Crippen LogP contribution in [0.2, 0.25) is 0 Å². The minimum absolute atomic E-state index is 0.00252. The van der Waals surface area contributed by atoms with Crippen molar-refractivity contribution < 1.29 is 19.5 Å². The van der Waals surface area contributed by atoms with Gasteiger partial charge in [-0.25, -0.2) is 4.79 Å². The topological polar surface area (TPSA) is 98.7 Å². The third kappa shape index (κ3) is 6.46. The summed E-state index contributed by atoms with van der Waals surface area (Å²) >= 11 is 0. The number of urea groups is 1. The Balaban J connectivity index is 2.29. The largest absolute Gasteiger partial charge is 0.481 e. The molecule has 3 N–H and O–H groups in total. The first-order valence-electron chi connectivity index (χ1n) is 7.45. The summed E-state index contributed by atoms with van der Waals surface area (Å²) < 4.78 is 0. The Morgan fingerprint density at radius 2 is 1.76 bits per heavy atom. The Hall–Kier alpha value is -1.79. The number of hydrogen-bond donors (Lipinski definition) is 3. The van der Waals surface area contributed by atoms with Crippen LogP contribution in [-0.4, -0.2) is 53.6 Å². The van der Waals surface area contributed by atoms with Crippen LogP contribution in [0.15, 0.2) is 0 Å². The smallest absolute Gasteiger partial charge is 0.315 e. The van der Waals surface area contributed by atoms with Crippen molar-refractivity contribution in [1.29, 1.82) is 0 Å². The molecular weight excluding hydrogens is 274 g/mol. The zero-order valence-electron chi connectivity index (χ0n) is 12.7. The summed E-state index contributed by atoms with van der Waals surface area (Å²) in [5.74, 6) is -1.11. The van der Waals surface area contributed by atoms with E-state index in [2.05, 4.69) is 10.6 Å². The Kier molecular flexibility index (Phi) is 6.98. The van der Waals surface area contributed by atoms with Gasteiger partial charge in [-0.1, -0.05) is 6.92 Å². The molecule has 2 unspecified atom stereocenters. The van der Waals surface area contributed by atoms with Gasteiger partial charge in [0.15, 0.2) is 0 Å². The summed E-state index contributed by atoms with van der Waals surface area (Å²) in [7, 11) is 0. The maximum atomic E-state index is 12.1. The van der Waals surface area contributed by atoms with Crippen molar-refractivity contribution >= 4 is 17.9 Å². The van der Waals surface area contributed by atoms with E-state index in [1.165, 1.54) is 0 Å². The van der Waals surface area contributed by atoms with Crippen LogP contribution in [0, 0.1) is 5.92 Å². The fourth-order valence-electron chi connectivity index (χ4n) is 2.33. The first-order valence-corrected chi connectivity index (χ1v) is 7.45. The Labute approximate surface area is 125 Å². The molecule has 2 atom stereocenters. The molecule has 1 aliphatic heterocycles. The predicted molar refractivity (Wildman–Crippen MR) is 77.8 cm³/mol. The number of nitrogens with zero attached hydrogens (tertiary/aromatic N) is 1. The Bertz CT molecular complexity index is 380. The molecule has 0 aliphatic carbocycles. The number of likely N-dealkylation sites (tertiary alicyclic amines) is 1. The molecule has 7 nitrogen and oxygen atoms in total. The van der Waals surface area contributed by atoms with Crippen molar-refractivity contribution in [2.75, 3.05) is 19.6 Å². The fraction of sp³-hybridized carbons (Fsp3) is 0.786. The van der Waals surface area contributed by atoms with Crippen molar-refractivity contribution in [3.63, 3.8) is 0 Å². The van der Waals surface area contributed by atoms with Gasteiger partial charge in [-0.15, -0.1) is 0 Å². The maximum Gasteiger partial charge on any atom is 0.315 e. The molecule has 0 saturated carbocycles. The van der Waals surface area contributed by atoms with E-state index in [9.17, 15) is 14.4 Å². The minimum atomic E-state index is -0.890. The molecule has 0 aromatic rings. The standard InChI is InChI=1S/C14H25N3O4/c1-10(8-12(18)19)9-15-14(21)16-11(2)13(20)17-6-4-3-5-7-17/h10-11H,3-9H2,1-2H3,(H,18,19)(H2,15,16,21). The molecule has 7 heteroatoms. The summed E-state index contributed by atoms with van der Waals surface area (Å²) in [6.45, 7) is 5.18. The lowest BCUT2D eigenvalue weighted by Crippen LogP contribution is -2.51. The second-order valence-electron chi connectivity index (χ2n) is 5.67. The van der Waals surface area contributed by atoms with Crippen LogP contribution in [0.5, 0.6) is 0 Å². The van der Waals surface area contributed by atoms with Crippen molar-refractivity contribution in [2.24, 2.45) is 5.92 Å². The van der Waals surface area contributed by atoms with E-state index in [1.807, 2.05) is 0 Å². The van der Waals surface area contributed by atoms with Gasteiger partial charge >= 0.3 is 12.0 Å². The fourth-order valence-corrected chi connectivity index (χ4v) is 2.33. The van der Waals surface area contributed by atoms with Gasteiger partial charge in [0.1, 0.15) is 6.04 Å². The highest BCUT2D eigenvalue weighted by atomic mass is 16.4. The normalized spacial score (nSPS) is 17.7. The molecule has 1 aliphatic rings. The number of carbonyl (C=O) groups excluding carboxylic acids is 2. The molecule has 0 bridgehead atoms. The molecule has 120 valence electrons. The van der Waals surface area contributed by atoms with Crippen molar-refractivity contribution in [3.8, 4) is 0 Å². The lowest BCUT2D eigenvalue weighted by atomic mass is 10.1. The highest BCUT2D eigenvalue weighted by Gasteiger charge is 2.23. The summed E-state index contributed by atoms with van der Waals surface area (Å²) in [6, 6.07) is -1.01. The van der Waals surface area contributed by atoms with E-state index in [1.54, 1.807) is 18.7 Å². The van der Waals surface area contributed by atoms with Gasteiger partial charge in [-0.3, -0.25) is 9.59 Å². The van der Waals surface area contributed by atoms with Crippen LogP contribution in [0.3, 0.4) is 0 Å². The number of carboxylic acids is 1. The molecule has 3 amide bonds. The molecule has 21 heavy (non-hydrogen) atoms. The Morgan fingerprint density at radius 1 is 1.14 bits per heavy atom. The van der Waals surface area contributed by atoms with E-state index < -0.39 is 18.0 Å². The van der Waals surface area contributed by atoms with Crippen molar-refractivity contribution in [1.82, 2.24) is 15.5 Å². The molecule has 1 saturated heterocycles. The first kappa shape index (κ1) is 17.3. The monoisotopic (exact) mass is 299 g/mol. The van der Waals surface area contributed by atoms with Gasteiger partial charge in [-0.2, -0.15) is 0 Å². The quantitative estimate of drug-likeness (QED) is 0.675. The van der Waals surface area contributed by atoms with Gasteiger partial charge in [-0.05, 0) is 32.1 Å². The summed E-state index contributed by atoms with van der Waals surface area (Å²) in [4.78, 5) is 36.1. The number of hydrogen-bond acceptors (Lipinski definition) is 3. The maximum absolute atomic E-state index is 12.1. The van der Waals surface area contributed by atoms with E-state index in [0.717, 1.165) is 32.4 Å². The molecule has 1 fully saturated rings. The second-order valence-corrected chi connectivity index (χ2v) is 5.67. The highest BCUT2D eigenvalue weighted by Crippen LogP contribution is 2.09. The number of carbonyl (C=O) groups is 3. The number of rotatable bonds is 6. The summed E-state index contributed by atoms with van der Waals surface area (Å²) in [6.07, 6.45) is 3.17. The zero-order chi connectivity index (χ0) is 15.8. The van der Waals surface area contributed by atoms with Crippen molar-refractivity contribution in [3.05, 3.63) is 0 Å². The van der Waals surface area contributed by atoms with Crippen LogP contribution in [0.25, 0.3) is 0 Å². The van der Waals surface area contributed by atoms with Crippen LogP contribution in [-0.2, 0) is 9.59 Å². The van der Waals surface area contributed by atoms with E-state index in [4.69, 9.17) is 5.11 Å². The average molecular weight is 299 g/mol. The third-order valence-electron chi connectivity index (χ3n) is 3.52. The first-order chi connectivity index (χ1) is 9.90. The van der Waals surface area contributed by atoms with Gasteiger partial charge in [0.25, 0.3) is 0 Å². The number of aliphatic carboxylic acids is 1. The molecule has 0 aromatic carbocycles. The number of carboxylic acid groups (broad SMARTS) is 1. The lowest BCUT2D eigenvalue weighted by Gasteiger charge is -2.29. The van der Waals surface area contributed by atoms with Gasteiger partial charge in [0, 0.05) is 26.1 Å². The molecule has 1 heterocycles. The molecule has 0 radical (unpaired) electrons. The predicted octanol–water partition coefficient (Wildman–Crippen LogP) is 0.797. The minimum Gasteiger partial charge on any atom is -0.481 e. The molecular formula is C14H25N3O4. The molecule has 0 spiro atoms. The van der Waals surface area contributed by atoms with Gasteiger partial charge in [0.2, 0.25) is 5.91 Å². The zero-order valence-corrected chi connectivity index (χ0v) is 12.7. The van der Waals surface area contributed by atoms with Crippen LogP contribution < -0.4 is 10.6 Å². The van der Waals surface area contributed by atoms with Crippen LogP contribution in [0.1, 0.15) is 39.5 Å². The van der Waals surface area contributed by atoms with Crippen molar-refractivity contribution in [2.45, 2.75) is 45.6 Å². The third-order valence-corrected chi connectivity index (χ3v) is 3.52. The van der Waals surface area contributed by atoms with E-state index in [-0.39, 0.29) is 24.8 Å². The van der Waals surface area contributed by atoms with E-state index in [0.29, 0.717) is 0 Å². The SMILES string of the molecule is CC(CNC(=O)NC(C)C(=O)N1CCCCC1)CC(=O)O. The highest BCUT2D eigenvalue weighted by molar-refractivity contribution is 5.86. The van der Waals surface area contributed by atoms with Crippen LogP contribution >= 0.6 is 0 Å². The number of piperidine rings is 1. The van der Waals surface area contributed by atoms with E-state index >= 15 is 0 Å². The summed E-state index contributed by atoms with van der Waals surface area (Å²) in [5, 5.41) is 13.8. The second kappa shape index (κ2) is 8.49. The van der Waals surface area contributed by atoms with Gasteiger partial charge < -0.3 is 20.6 Å². The molecule has 0 aromatic heterocycles. The number of amides is 3. The summed E-state index contributed by atoms with van der Waals surface area (Å²) in [5.41, 5.74) is 0. The molecule has 1 rings (SSSR count). The van der Waals surface area contributed by atoms with Crippen LogP contribution in [0.4, 0.5) is 4.79 Å². The Morgan fingerprint density at radius 3 is 2.33 bits per heavy atom. The average Bonchev–Trinajstić information content (AvgIpc) is 2.44. The van der Waals surface area contributed by atoms with Gasteiger partial charge in [0.05, 0.1) is 0 Å². The number of nitrogens with one attached hydrogen (secondary N) is 2. The lowest BCUT2D eigenvalue weighted by molar-refractivity contribution is -0.138.